The zero-order valence-electron chi connectivity index (χ0n) is 13.6. The van der Waals surface area contributed by atoms with E-state index < -0.39 is 17.6 Å². The van der Waals surface area contributed by atoms with Crippen molar-refractivity contribution in [3.8, 4) is 11.5 Å². The van der Waals surface area contributed by atoms with Crippen molar-refractivity contribution in [2.45, 2.75) is 23.9 Å². The Hall–Kier alpha value is -1.90. The minimum Gasteiger partial charge on any atom is -0.457 e. The molecule has 2 aromatic rings. The van der Waals surface area contributed by atoms with Gasteiger partial charge in [0.15, 0.2) is 0 Å². The lowest BCUT2D eigenvalue weighted by atomic mass is 10.2. The Kier molecular flexibility index (Phi) is 4.09. The number of hydrogen-bond donors (Lipinski definition) is 3. The molecule has 8 nitrogen and oxygen atoms in total. The van der Waals surface area contributed by atoms with Gasteiger partial charge in [-0.2, -0.15) is 4.72 Å². The third-order valence-corrected chi connectivity index (χ3v) is 6.90. The van der Waals surface area contributed by atoms with E-state index in [1.165, 1.54) is 24.3 Å². The number of nitrogens with zero attached hydrogens (tertiary/aromatic N) is 1. The summed E-state index contributed by atoms with van der Waals surface area (Å²) >= 11 is 0. The number of fused-ring (bicyclic) bond motifs is 3. The van der Waals surface area contributed by atoms with Crippen molar-refractivity contribution in [1.29, 1.82) is 0 Å². The zero-order chi connectivity index (χ0) is 18.5. The quantitative estimate of drug-likeness (QED) is 0.673. The molecule has 0 bridgehead atoms. The fourth-order valence-electron chi connectivity index (χ4n) is 3.29. The topological polar surface area (TPSA) is 116 Å². The lowest BCUT2D eigenvalue weighted by molar-refractivity contribution is 0.387. The first-order chi connectivity index (χ1) is 12.2. The van der Waals surface area contributed by atoms with E-state index in [0.717, 1.165) is 19.4 Å². The van der Waals surface area contributed by atoms with E-state index in [1.807, 2.05) is 4.90 Å². The standard InChI is InChI=1S/C16H17N2O6PS/c19-25(20,21)13-4-1-3-11(9-13)24-12-6-7-14-15(10-12)26(22,23)17-16-5-2-8-18(14)16/h1,3-4,6-7,9-10,16-17H,2,5,8H2,(H2,19,20,21). The van der Waals surface area contributed by atoms with Crippen LogP contribution in [0.2, 0.25) is 0 Å². The summed E-state index contributed by atoms with van der Waals surface area (Å²) in [6, 6.07) is 10.3. The molecule has 0 amide bonds. The molecular formula is C16H17N2O6PS. The van der Waals surface area contributed by atoms with Gasteiger partial charge in [0.05, 0.1) is 17.2 Å². The number of sulfonamides is 1. The maximum atomic E-state index is 12.5. The highest BCUT2D eigenvalue weighted by Crippen LogP contribution is 2.39. The molecule has 2 aromatic carbocycles. The average molecular weight is 396 g/mol. The van der Waals surface area contributed by atoms with Crippen molar-refractivity contribution in [3.63, 3.8) is 0 Å². The molecule has 2 aliphatic heterocycles. The van der Waals surface area contributed by atoms with Gasteiger partial charge in [0, 0.05) is 12.6 Å². The minimum atomic E-state index is -4.39. The molecule has 10 heteroatoms. The monoisotopic (exact) mass is 396 g/mol. The number of benzene rings is 2. The molecule has 2 heterocycles. The van der Waals surface area contributed by atoms with Crippen LogP contribution in [-0.4, -0.2) is 30.9 Å². The van der Waals surface area contributed by atoms with Crippen LogP contribution in [0, 0.1) is 0 Å². The molecular weight excluding hydrogens is 379 g/mol. The van der Waals surface area contributed by atoms with Crippen molar-refractivity contribution < 1.29 is 27.5 Å². The first kappa shape index (κ1) is 17.5. The summed E-state index contributed by atoms with van der Waals surface area (Å²) in [5.41, 5.74) is 0.641. The molecule has 3 N–H and O–H groups in total. The first-order valence-electron chi connectivity index (χ1n) is 8.01. The maximum absolute atomic E-state index is 12.5. The summed E-state index contributed by atoms with van der Waals surface area (Å²) < 4.78 is 44.7. The third-order valence-electron chi connectivity index (χ3n) is 4.46. The normalized spacial score (nSPS) is 21.2. The molecule has 0 aromatic heterocycles. The van der Waals surface area contributed by atoms with E-state index in [4.69, 9.17) is 4.74 Å². The molecule has 1 unspecified atom stereocenters. The van der Waals surface area contributed by atoms with Crippen LogP contribution in [0.25, 0.3) is 0 Å². The Morgan fingerprint density at radius 2 is 1.92 bits per heavy atom. The summed E-state index contributed by atoms with van der Waals surface area (Å²) in [4.78, 5) is 20.7. The van der Waals surface area contributed by atoms with E-state index in [9.17, 15) is 22.8 Å². The Morgan fingerprint density at radius 1 is 1.15 bits per heavy atom. The number of ether oxygens (including phenoxy) is 1. The molecule has 26 heavy (non-hydrogen) atoms. The molecule has 0 saturated carbocycles. The van der Waals surface area contributed by atoms with E-state index in [1.54, 1.807) is 18.2 Å². The maximum Gasteiger partial charge on any atom is 0.356 e. The lowest BCUT2D eigenvalue weighted by Gasteiger charge is -2.33. The van der Waals surface area contributed by atoms with Gasteiger partial charge in [-0.25, -0.2) is 8.42 Å². The Labute approximate surface area is 150 Å². The van der Waals surface area contributed by atoms with Gasteiger partial charge in [-0.15, -0.1) is 0 Å². The van der Waals surface area contributed by atoms with Crippen LogP contribution in [0.1, 0.15) is 12.8 Å². The molecule has 138 valence electrons. The van der Waals surface area contributed by atoms with Gasteiger partial charge >= 0.3 is 7.60 Å². The van der Waals surface area contributed by atoms with Gasteiger partial charge in [0.2, 0.25) is 10.0 Å². The van der Waals surface area contributed by atoms with Gasteiger partial charge in [0.25, 0.3) is 0 Å². The van der Waals surface area contributed by atoms with Crippen molar-refractivity contribution in [1.82, 2.24) is 4.72 Å². The van der Waals surface area contributed by atoms with Gasteiger partial charge in [-0.05, 0) is 43.2 Å². The van der Waals surface area contributed by atoms with Gasteiger partial charge < -0.3 is 19.4 Å². The second-order valence-corrected chi connectivity index (χ2v) is 9.53. The Morgan fingerprint density at radius 3 is 2.69 bits per heavy atom. The molecule has 1 atom stereocenters. The largest absolute Gasteiger partial charge is 0.457 e. The second kappa shape index (κ2) is 6.07. The summed E-state index contributed by atoms with van der Waals surface area (Å²) in [5.74, 6) is 0.487. The first-order valence-corrected chi connectivity index (χ1v) is 11.1. The van der Waals surface area contributed by atoms with Crippen molar-refractivity contribution in [2.75, 3.05) is 11.4 Å². The average Bonchev–Trinajstić information content (AvgIpc) is 3.02. The van der Waals surface area contributed by atoms with Crippen LogP contribution in [-0.2, 0) is 14.6 Å². The van der Waals surface area contributed by atoms with Crippen molar-refractivity contribution in [3.05, 3.63) is 42.5 Å². The molecule has 1 saturated heterocycles. The SMILES string of the molecule is O=P(O)(O)c1cccc(Oc2ccc3c(c2)S(=O)(=O)NC2CCCN32)c1. The van der Waals surface area contributed by atoms with Crippen LogP contribution in [0.4, 0.5) is 5.69 Å². The Balaban J connectivity index is 1.69. The predicted octanol–water partition coefficient (Wildman–Crippen LogP) is 1.50. The summed E-state index contributed by atoms with van der Waals surface area (Å²) in [6.07, 6.45) is 1.48. The number of hydrogen-bond acceptors (Lipinski definition) is 5. The second-order valence-electron chi connectivity index (χ2n) is 6.25. The number of rotatable bonds is 3. The zero-order valence-corrected chi connectivity index (χ0v) is 15.3. The highest BCUT2D eigenvalue weighted by Gasteiger charge is 2.37. The molecule has 0 spiro atoms. The Bertz CT molecular complexity index is 1020. The van der Waals surface area contributed by atoms with Crippen LogP contribution >= 0.6 is 7.60 Å². The van der Waals surface area contributed by atoms with Gasteiger partial charge in [-0.1, -0.05) is 6.07 Å². The van der Waals surface area contributed by atoms with Crippen molar-refractivity contribution in [2.24, 2.45) is 0 Å². The number of anilines is 1. The fourth-order valence-corrected chi connectivity index (χ4v) is 5.33. The predicted molar refractivity (Wildman–Crippen MR) is 95.3 cm³/mol. The van der Waals surface area contributed by atoms with Gasteiger partial charge in [-0.3, -0.25) is 4.57 Å². The van der Waals surface area contributed by atoms with Crippen LogP contribution < -0.4 is 19.7 Å². The minimum absolute atomic E-state index is 0.138. The van der Waals surface area contributed by atoms with Crippen LogP contribution in [0.3, 0.4) is 0 Å². The summed E-state index contributed by atoms with van der Waals surface area (Å²) in [5, 5.41) is -0.165. The fraction of sp³-hybridized carbons (Fsp3) is 0.250. The molecule has 0 radical (unpaired) electrons. The highest BCUT2D eigenvalue weighted by atomic mass is 32.2. The van der Waals surface area contributed by atoms with Gasteiger partial charge in [0.1, 0.15) is 16.4 Å². The highest BCUT2D eigenvalue weighted by molar-refractivity contribution is 7.89. The van der Waals surface area contributed by atoms with E-state index in [-0.39, 0.29) is 27.9 Å². The van der Waals surface area contributed by atoms with E-state index >= 15 is 0 Å². The van der Waals surface area contributed by atoms with E-state index in [0.29, 0.717) is 5.69 Å². The number of nitrogens with one attached hydrogen (secondary N) is 1. The molecule has 4 rings (SSSR count). The van der Waals surface area contributed by atoms with Crippen LogP contribution in [0.5, 0.6) is 11.5 Å². The van der Waals surface area contributed by atoms with E-state index in [2.05, 4.69) is 4.72 Å². The lowest BCUT2D eigenvalue weighted by Crippen LogP contribution is -2.48. The smallest absolute Gasteiger partial charge is 0.356 e. The summed E-state index contributed by atoms with van der Waals surface area (Å²) in [6.45, 7) is 0.782. The molecule has 1 fully saturated rings. The summed E-state index contributed by atoms with van der Waals surface area (Å²) in [7, 11) is -8.03. The third kappa shape index (κ3) is 3.13. The molecule has 0 aliphatic carbocycles. The molecule has 2 aliphatic rings. The van der Waals surface area contributed by atoms with Crippen molar-refractivity contribution >= 4 is 28.6 Å². The van der Waals surface area contributed by atoms with Crippen LogP contribution in [0.15, 0.2) is 47.4 Å².